The summed E-state index contributed by atoms with van der Waals surface area (Å²) in [7, 11) is 2.04. The smallest absolute Gasteiger partial charge is 0.224 e. The average Bonchev–Trinajstić information content (AvgIpc) is 2.64. The van der Waals surface area contributed by atoms with E-state index in [0.29, 0.717) is 6.04 Å². The number of allylic oxidation sites excluding steroid dienone is 1. The molecule has 0 aromatic rings. The van der Waals surface area contributed by atoms with Gasteiger partial charge in [0.05, 0.1) is 0 Å². The van der Waals surface area contributed by atoms with Crippen molar-refractivity contribution in [3.05, 3.63) is 11.8 Å². The highest BCUT2D eigenvalue weighted by molar-refractivity contribution is 5.89. The first-order valence-corrected chi connectivity index (χ1v) is 6.54. The molecule has 2 heterocycles. The number of likely N-dealkylation sites (tertiary alicyclic amines) is 1. The highest BCUT2D eigenvalue weighted by atomic mass is 15.3. The highest BCUT2D eigenvalue weighted by Gasteiger charge is 2.20. The van der Waals surface area contributed by atoms with Crippen LogP contribution in [0.5, 0.6) is 0 Å². The molecular formula is C13H22N4. The first kappa shape index (κ1) is 12.3. The minimum Gasteiger partial charge on any atom is -0.341 e. The van der Waals surface area contributed by atoms with Crippen LogP contribution in [0, 0.1) is 0 Å². The van der Waals surface area contributed by atoms with Gasteiger partial charge in [-0.1, -0.05) is 6.92 Å². The maximum atomic E-state index is 4.51. The largest absolute Gasteiger partial charge is 0.341 e. The normalized spacial score (nSPS) is 22.1. The van der Waals surface area contributed by atoms with E-state index in [1.54, 1.807) is 0 Å². The Morgan fingerprint density at radius 1 is 1.41 bits per heavy atom. The number of nitrogens with zero attached hydrogens (tertiary/aromatic N) is 3. The fourth-order valence-electron chi connectivity index (χ4n) is 2.25. The Bertz CT molecular complexity index is 335. The molecule has 0 saturated carbocycles. The van der Waals surface area contributed by atoms with Gasteiger partial charge in [-0.2, -0.15) is 0 Å². The molecule has 0 bridgehead atoms. The van der Waals surface area contributed by atoms with Gasteiger partial charge in [0.2, 0.25) is 5.96 Å². The van der Waals surface area contributed by atoms with E-state index in [1.165, 1.54) is 18.4 Å². The molecule has 1 N–H and O–H groups in total. The Morgan fingerprint density at radius 3 is 2.82 bits per heavy atom. The first-order valence-electron chi connectivity index (χ1n) is 6.54. The van der Waals surface area contributed by atoms with Crippen molar-refractivity contribution in [1.29, 1.82) is 0 Å². The summed E-state index contributed by atoms with van der Waals surface area (Å²) in [6.07, 6.45) is 8.34. The molecule has 2 aliphatic rings. The summed E-state index contributed by atoms with van der Waals surface area (Å²) >= 11 is 0. The molecule has 0 radical (unpaired) electrons. The number of aliphatic imine (C=N–C) groups is 2. The molecule has 0 unspecified atom stereocenters. The van der Waals surface area contributed by atoms with Gasteiger partial charge in [0, 0.05) is 38.0 Å². The lowest BCUT2D eigenvalue weighted by atomic mass is 10.1. The van der Waals surface area contributed by atoms with Crippen LogP contribution < -0.4 is 5.32 Å². The molecule has 0 amide bonds. The van der Waals surface area contributed by atoms with Crippen LogP contribution in [-0.4, -0.2) is 43.3 Å². The number of nitrogens with one attached hydrogen (secondary N) is 1. The highest BCUT2D eigenvalue weighted by Crippen LogP contribution is 2.14. The number of hydrogen-bond donors (Lipinski definition) is 1. The maximum absolute atomic E-state index is 4.51. The molecule has 4 heteroatoms. The van der Waals surface area contributed by atoms with E-state index < -0.39 is 0 Å². The van der Waals surface area contributed by atoms with Crippen molar-refractivity contribution >= 4 is 12.2 Å². The van der Waals surface area contributed by atoms with Crippen LogP contribution in [0.15, 0.2) is 21.8 Å². The summed E-state index contributed by atoms with van der Waals surface area (Å²) in [4.78, 5) is 11.3. The molecule has 2 aliphatic heterocycles. The van der Waals surface area contributed by atoms with Gasteiger partial charge >= 0.3 is 0 Å². The van der Waals surface area contributed by atoms with Crippen molar-refractivity contribution in [2.24, 2.45) is 9.98 Å². The first-order chi connectivity index (χ1) is 8.33. The molecule has 1 fully saturated rings. The van der Waals surface area contributed by atoms with E-state index in [2.05, 4.69) is 27.1 Å². The van der Waals surface area contributed by atoms with Gasteiger partial charge in [-0.15, -0.1) is 0 Å². The van der Waals surface area contributed by atoms with Gasteiger partial charge in [0.25, 0.3) is 0 Å². The molecule has 0 aromatic heterocycles. The van der Waals surface area contributed by atoms with Crippen LogP contribution in [0.3, 0.4) is 0 Å². The van der Waals surface area contributed by atoms with Gasteiger partial charge in [-0.05, 0) is 31.9 Å². The van der Waals surface area contributed by atoms with Crippen LogP contribution in [-0.2, 0) is 0 Å². The molecule has 0 aromatic carbocycles. The van der Waals surface area contributed by atoms with Crippen LogP contribution in [0.1, 0.15) is 32.6 Å². The molecule has 94 valence electrons. The van der Waals surface area contributed by atoms with E-state index in [4.69, 9.17) is 0 Å². The molecule has 1 saturated heterocycles. The predicted molar refractivity (Wildman–Crippen MR) is 72.6 cm³/mol. The van der Waals surface area contributed by atoms with Gasteiger partial charge in [-0.3, -0.25) is 0 Å². The molecular weight excluding hydrogens is 212 g/mol. The quantitative estimate of drug-likeness (QED) is 0.791. The van der Waals surface area contributed by atoms with Crippen LogP contribution in [0.25, 0.3) is 0 Å². The third-order valence-corrected chi connectivity index (χ3v) is 3.56. The average molecular weight is 234 g/mol. The van der Waals surface area contributed by atoms with E-state index in [-0.39, 0.29) is 0 Å². The van der Waals surface area contributed by atoms with E-state index in [9.17, 15) is 0 Å². The summed E-state index contributed by atoms with van der Waals surface area (Å²) < 4.78 is 0. The van der Waals surface area contributed by atoms with Crippen molar-refractivity contribution in [1.82, 2.24) is 10.2 Å². The van der Waals surface area contributed by atoms with E-state index in [1.807, 2.05) is 19.5 Å². The summed E-state index contributed by atoms with van der Waals surface area (Å²) in [5.41, 5.74) is 1.36. The number of hydrogen-bond acceptors (Lipinski definition) is 4. The third-order valence-electron chi connectivity index (χ3n) is 3.56. The molecule has 0 atom stereocenters. The SMILES string of the molecule is CCC1=CN=C(N2CCC(NC)CC2)N=CC1. The Morgan fingerprint density at radius 2 is 2.18 bits per heavy atom. The van der Waals surface area contributed by atoms with Gasteiger partial charge in [0.1, 0.15) is 0 Å². The second-order valence-corrected chi connectivity index (χ2v) is 4.64. The monoisotopic (exact) mass is 234 g/mol. The van der Waals surface area contributed by atoms with Gasteiger partial charge in [0.15, 0.2) is 0 Å². The fraction of sp³-hybridized carbons (Fsp3) is 0.692. The van der Waals surface area contributed by atoms with Crippen molar-refractivity contribution in [2.75, 3.05) is 20.1 Å². The second kappa shape index (κ2) is 5.96. The van der Waals surface area contributed by atoms with Crippen molar-refractivity contribution in [3.8, 4) is 0 Å². The third kappa shape index (κ3) is 3.16. The zero-order chi connectivity index (χ0) is 12.1. The summed E-state index contributed by atoms with van der Waals surface area (Å²) in [5, 5.41) is 3.34. The molecule has 0 spiro atoms. The Balaban J connectivity index is 1.99. The Labute approximate surface area is 104 Å². The topological polar surface area (TPSA) is 40.0 Å². The lowest BCUT2D eigenvalue weighted by molar-refractivity contribution is 0.289. The zero-order valence-electron chi connectivity index (χ0n) is 10.8. The minimum absolute atomic E-state index is 0.656. The lowest BCUT2D eigenvalue weighted by Crippen LogP contribution is -2.43. The second-order valence-electron chi connectivity index (χ2n) is 4.64. The van der Waals surface area contributed by atoms with E-state index >= 15 is 0 Å². The summed E-state index contributed by atoms with van der Waals surface area (Å²) in [6.45, 7) is 4.27. The molecule has 17 heavy (non-hydrogen) atoms. The van der Waals surface area contributed by atoms with Crippen LogP contribution in [0.4, 0.5) is 0 Å². The molecule has 0 aliphatic carbocycles. The predicted octanol–water partition coefficient (Wildman–Crippen LogP) is 1.79. The van der Waals surface area contributed by atoms with E-state index in [0.717, 1.165) is 31.9 Å². The lowest BCUT2D eigenvalue weighted by Gasteiger charge is -2.32. The Hall–Kier alpha value is -1.16. The van der Waals surface area contributed by atoms with Crippen molar-refractivity contribution in [3.63, 3.8) is 0 Å². The number of rotatable bonds is 2. The molecule has 2 rings (SSSR count). The number of piperidine rings is 1. The number of guanidine groups is 1. The summed E-state index contributed by atoms with van der Waals surface area (Å²) in [6, 6.07) is 0.656. The van der Waals surface area contributed by atoms with Gasteiger partial charge < -0.3 is 10.2 Å². The standard InChI is InChI=1S/C13H22N4/c1-3-11-4-7-15-13(16-10-11)17-8-5-12(14-2)6-9-17/h7,10,12,14H,3-6,8-9H2,1-2H3. The molecule has 4 nitrogen and oxygen atoms in total. The summed E-state index contributed by atoms with van der Waals surface area (Å²) in [5.74, 6) is 0.892. The van der Waals surface area contributed by atoms with Crippen LogP contribution in [0.2, 0.25) is 0 Å². The van der Waals surface area contributed by atoms with Crippen molar-refractivity contribution < 1.29 is 0 Å². The van der Waals surface area contributed by atoms with Crippen molar-refractivity contribution in [2.45, 2.75) is 38.6 Å². The zero-order valence-corrected chi connectivity index (χ0v) is 10.8. The van der Waals surface area contributed by atoms with Gasteiger partial charge in [-0.25, -0.2) is 9.98 Å². The maximum Gasteiger partial charge on any atom is 0.224 e. The Kier molecular flexibility index (Phi) is 4.31. The minimum atomic E-state index is 0.656. The van der Waals surface area contributed by atoms with Crippen LogP contribution >= 0.6 is 0 Å². The fourth-order valence-corrected chi connectivity index (χ4v) is 2.25.